The molecule has 0 aromatic heterocycles. The number of hydrogen-bond acceptors (Lipinski definition) is 4. The van der Waals surface area contributed by atoms with Crippen molar-refractivity contribution in [2.45, 2.75) is 0 Å². The molecule has 0 heterocycles. The number of carbonyl (C=O) groups is 1. The summed E-state index contributed by atoms with van der Waals surface area (Å²) in [5, 5.41) is 1.14. The van der Waals surface area contributed by atoms with Crippen molar-refractivity contribution < 1.29 is 22.5 Å². The van der Waals surface area contributed by atoms with Crippen molar-refractivity contribution in [1.82, 2.24) is 4.83 Å². The number of methoxy groups -OCH3 is 1. The van der Waals surface area contributed by atoms with Crippen LogP contribution in [0.4, 0.5) is 5.69 Å². The first-order valence-corrected chi connectivity index (χ1v) is 8.11. The smallest absolute Gasteiger partial charge is 0.351 e. The maximum absolute atomic E-state index is 12.5. The Morgan fingerprint density at radius 3 is 2.12 bits per heavy atom. The zero-order valence-corrected chi connectivity index (χ0v) is 16.5. The van der Waals surface area contributed by atoms with Gasteiger partial charge in [-0.1, -0.05) is 16.4 Å². The van der Waals surface area contributed by atoms with Gasteiger partial charge < -0.3 is 4.74 Å². The molecule has 0 unspecified atom stereocenters. The van der Waals surface area contributed by atoms with Crippen LogP contribution in [0, 0.1) is 0 Å². The van der Waals surface area contributed by atoms with Gasteiger partial charge in [-0.3, -0.25) is 9.35 Å². The number of benzene rings is 2. The maximum Gasteiger partial charge on any atom is 0.351 e. The van der Waals surface area contributed by atoms with Gasteiger partial charge in [0.15, 0.2) is 0 Å². The molecule has 2 aromatic carbocycles. The molecule has 0 aliphatic rings. The van der Waals surface area contributed by atoms with Crippen molar-refractivity contribution in [3.05, 3.63) is 59.1 Å². The van der Waals surface area contributed by atoms with Crippen LogP contribution in [0.2, 0.25) is 5.02 Å². The van der Waals surface area contributed by atoms with Crippen LogP contribution in [0.5, 0.6) is 5.75 Å². The number of ether oxygens (including phenoxy) is 1. The monoisotopic (exact) mass is 379 g/mol. The van der Waals surface area contributed by atoms with E-state index in [0.717, 1.165) is 0 Å². The van der Waals surface area contributed by atoms with Crippen molar-refractivity contribution in [3.63, 3.8) is 0 Å². The molecule has 0 bridgehead atoms. The SMILES string of the molecule is COc1ccc(N(NS(=O)(=O)O)C(=O)c2ccc(Cl)cc2)cc1.[Na]. The minimum atomic E-state index is -4.65. The van der Waals surface area contributed by atoms with Crippen molar-refractivity contribution in [1.29, 1.82) is 0 Å². The van der Waals surface area contributed by atoms with Crippen LogP contribution in [0.3, 0.4) is 0 Å². The molecule has 0 atom stereocenters. The van der Waals surface area contributed by atoms with E-state index >= 15 is 0 Å². The number of carbonyl (C=O) groups excluding carboxylic acids is 1. The van der Waals surface area contributed by atoms with E-state index in [0.29, 0.717) is 15.8 Å². The van der Waals surface area contributed by atoms with Crippen molar-refractivity contribution in [2.24, 2.45) is 0 Å². The Morgan fingerprint density at radius 2 is 1.67 bits per heavy atom. The summed E-state index contributed by atoms with van der Waals surface area (Å²) in [4.78, 5) is 14.3. The second-order valence-electron chi connectivity index (χ2n) is 4.41. The Bertz CT molecular complexity index is 797. The third-order valence-corrected chi connectivity index (χ3v) is 3.50. The summed E-state index contributed by atoms with van der Waals surface area (Å²) in [6, 6.07) is 11.9. The molecule has 123 valence electrons. The fraction of sp³-hybridized carbons (Fsp3) is 0.0714. The summed E-state index contributed by atoms with van der Waals surface area (Å²) < 4.78 is 36.3. The Balaban J connectivity index is 0.00000288. The van der Waals surface area contributed by atoms with E-state index in [1.54, 1.807) is 17.0 Å². The van der Waals surface area contributed by atoms with Crippen LogP contribution in [0.1, 0.15) is 10.4 Å². The van der Waals surface area contributed by atoms with E-state index < -0.39 is 16.2 Å². The number of hydrazine groups is 1. The first-order chi connectivity index (χ1) is 10.8. The van der Waals surface area contributed by atoms with Crippen LogP contribution >= 0.6 is 11.6 Å². The number of rotatable bonds is 5. The van der Waals surface area contributed by atoms with E-state index in [4.69, 9.17) is 20.9 Å². The van der Waals surface area contributed by atoms with Crippen molar-refractivity contribution in [3.8, 4) is 5.75 Å². The molecule has 0 saturated heterocycles. The summed E-state index contributed by atoms with van der Waals surface area (Å²) in [5.41, 5.74) is 0.379. The number of amides is 1. The molecule has 0 saturated carbocycles. The van der Waals surface area contributed by atoms with Gasteiger partial charge in [0, 0.05) is 40.1 Å². The predicted octanol–water partition coefficient (Wildman–Crippen LogP) is 1.92. The number of hydrogen-bond donors (Lipinski definition) is 2. The molecule has 2 aromatic rings. The van der Waals surface area contributed by atoms with Gasteiger partial charge in [-0.15, -0.1) is 0 Å². The van der Waals surface area contributed by atoms with Gasteiger partial charge in [-0.2, -0.15) is 8.42 Å². The van der Waals surface area contributed by atoms with Crippen LogP contribution in [-0.4, -0.2) is 55.5 Å². The second kappa shape index (κ2) is 8.82. The number of nitrogens with one attached hydrogen (secondary N) is 1. The molecule has 0 fully saturated rings. The molecular weight excluding hydrogens is 367 g/mol. The molecule has 0 aliphatic carbocycles. The second-order valence-corrected chi connectivity index (χ2v) is 5.98. The zero-order chi connectivity index (χ0) is 17.0. The first-order valence-electron chi connectivity index (χ1n) is 6.29. The fourth-order valence-corrected chi connectivity index (χ4v) is 2.32. The predicted molar refractivity (Wildman–Crippen MR) is 91.7 cm³/mol. The zero-order valence-electron chi connectivity index (χ0n) is 12.9. The van der Waals surface area contributed by atoms with Crippen LogP contribution in [-0.2, 0) is 10.3 Å². The third-order valence-electron chi connectivity index (χ3n) is 2.83. The molecule has 1 amide bonds. The summed E-state index contributed by atoms with van der Waals surface area (Å²) in [5.74, 6) is -0.163. The van der Waals surface area contributed by atoms with Crippen LogP contribution in [0.25, 0.3) is 0 Å². The minimum Gasteiger partial charge on any atom is -0.497 e. The van der Waals surface area contributed by atoms with E-state index in [1.807, 2.05) is 0 Å². The molecule has 2 rings (SSSR count). The van der Waals surface area contributed by atoms with Gasteiger partial charge in [0.25, 0.3) is 5.91 Å². The number of nitrogens with zero attached hydrogens (tertiary/aromatic N) is 1. The molecule has 1 radical (unpaired) electrons. The van der Waals surface area contributed by atoms with Gasteiger partial charge in [-0.05, 0) is 48.5 Å². The van der Waals surface area contributed by atoms with Gasteiger partial charge in [0.1, 0.15) is 5.75 Å². The quantitative estimate of drug-likeness (QED) is 0.470. The molecule has 24 heavy (non-hydrogen) atoms. The summed E-state index contributed by atoms with van der Waals surface area (Å²) >= 11 is 5.76. The summed E-state index contributed by atoms with van der Waals surface area (Å²) in [6.07, 6.45) is 0. The van der Waals surface area contributed by atoms with Gasteiger partial charge in [0.05, 0.1) is 12.8 Å². The van der Waals surface area contributed by atoms with E-state index in [-0.39, 0.29) is 40.8 Å². The average molecular weight is 380 g/mol. The summed E-state index contributed by atoms with van der Waals surface area (Å²) in [7, 11) is -3.18. The largest absolute Gasteiger partial charge is 0.497 e. The van der Waals surface area contributed by atoms with Crippen LogP contribution < -0.4 is 14.6 Å². The maximum atomic E-state index is 12.5. The minimum absolute atomic E-state index is 0. The van der Waals surface area contributed by atoms with E-state index in [9.17, 15) is 13.2 Å². The van der Waals surface area contributed by atoms with Crippen molar-refractivity contribution in [2.75, 3.05) is 12.1 Å². The molecular formula is C14H13ClN2NaO5S. The number of anilines is 1. The van der Waals surface area contributed by atoms with Gasteiger partial charge in [0.2, 0.25) is 0 Å². The molecule has 7 nitrogen and oxygen atoms in total. The van der Waals surface area contributed by atoms with E-state index in [1.165, 1.54) is 43.5 Å². The average Bonchev–Trinajstić information content (AvgIpc) is 2.52. The van der Waals surface area contributed by atoms with Gasteiger partial charge >= 0.3 is 10.3 Å². The normalized spacial score (nSPS) is 10.6. The Labute approximate surface area is 166 Å². The van der Waals surface area contributed by atoms with Crippen molar-refractivity contribution >= 4 is 63.1 Å². The molecule has 2 N–H and O–H groups in total. The molecule has 0 aliphatic heterocycles. The van der Waals surface area contributed by atoms with Crippen LogP contribution in [0.15, 0.2) is 48.5 Å². The fourth-order valence-electron chi connectivity index (χ4n) is 1.78. The topological polar surface area (TPSA) is 95.9 Å². The Morgan fingerprint density at radius 1 is 1.12 bits per heavy atom. The Kier molecular flexibility index (Phi) is 7.68. The third kappa shape index (κ3) is 5.75. The molecule has 0 spiro atoms. The van der Waals surface area contributed by atoms with Gasteiger partial charge in [-0.25, -0.2) is 5.01 Å². The Hall–Kier alpha value is -1.13. The van der Waals surface area contributed by atoms with E-state index in [2.05, 4.69) is 0 Å². The first kappa shape index (κ1) is 20.9. The summed E-state index contributed by atoms with van der Waals surface area (Å²) in [6.45, 7) is 0. The molecule has 10 heteroatoms. The number of halogens is 1. The standard InChI is InChI=1S/C14H13ClN2O5S.Na/c1-22-13-8-6-12(7-9-13)17(16-23(19,20)21)14(18)10-2-4-11(15)5-3-10;/h2-9,16H,1H3,(H,19,20,21);.